The molecule has 6 heteroatoms. The van der Waals surface area contributed by atoms with Gasteiger partial charge in [-0.05, 0) is 43.4 Å². The first-order chi connectivity index (χ1) is 11.5. The first kappa shape index (κ1) is 16.2. The fourth-order valence-corrected chi connectivity index (χ4v) is 6.28. The summed E-state index contributed by atoms with van der Waals surface area (Å²) in [6.45, 7) is 0. The van der Waals surface area contributed by atoms with Crippen molar-refractivity contribution in [2.45, 2.75) is 38.0 Å². The van der Waals surface area contributed by atoms with Crippen molar-refractivity contribution in [3.8, 4) is 0 Å². The third-order valence-electron chi connectivity index (χ3n) is 5.13. The minimum atomic E-state index is -3.36. The first-order valence-electron chi connectivity index (χ1n) is 8.29. The van der Waals surface area contributed by atoms with Crippen LogP contribution < -0.4 is 0 Å². The lowest BCUT2D eigenvalue weighted by molar-refractivity contribution is -0.121. The summed E-state index contributed by atoms with van der Waals surface area (Å²) in [6.07, 6.45) is 3.42. The highest BCUT2D eigenvalue weighted by Crippen LogP contribution is 2.47. The van der Waals surface area contributed by atoms with Crippen molar-refractivity contribution >= 4 is 37.3 Å². The first-order valence-corrected chi connectivity index (χ1v) is 10.7. The van der Waals surface area contributed by atoms with Crippen molar-refractivity contribution < 1.29 is 13.2 Å². The number of allylic oxidation sites excluding steroid dienone is 2. The molecule has 1 aliphatic carbocycles. The number of hydrogen-bond donors (Lipinski definition) is 0. The molecule has 1 aromatic rings. The SMILES string of the molecule is O=C1CCCC2=NC3=C(C(c4ccc(Br)cc4)C12)S(=O)(=O)CCC3. The van der Waals surface area contributed by atoms with Crippen LogP contribution in [0.1, 0.15) is 43.6 Å². The van der Waals surface area contributed by atoms with Crippen LogP contribution in [0, 0.1) is 5.92 Å². The van der Waals surface area contributed by atoms with Crippen molar-refractivity contribution in [3.63, 3.8) is 0 Å². The van der Waals surface area contributed by atoms with Crippen molar-refractivity contribution in [3.05, 3.63) is 44.9 Å². The zero-order valence-corrected chi connectivity index (χ0v) is 15.6. The molecule has 0 spiro atoms. The number of aliphatic imine (C=N–C) groups is 1. The molecular weight excluding hydrogens is 390 g/mol. The maximum absolute atomic E-state index is 12.8. The number of Topliss-reactive ketones (excluding diaryl/α,β-unsaturated/α-hetero) is 1. The Balaban J connectivity index is 1.94. The number of nitrogens with zero attached hydrogens (tertiary/aromatic N) is 1. The molecule has 24 heavy (non-hydrogen) atoms. The van der Waals surface area contributed by atoms with E-state index in [-0.39, 0.29) is 11.5 Å². The topological polar surface area (TPSA) is 63.6 Å². The zero-order valence-electron chi connectivity index (χ0n) is 13.2. The number of carbonyl (C=O) groups is 1. The number of fused-ring (bicyclic) bond motifs is 1. The molecule has 1 fully saturated rings. The summed E-state index contributed by atoms with van der Waals surface area (Å²) >= 11 is 3.42. The summed E-state index contributed by atoms with van der Waals surface area (Å²) in [7, 11) is -3.36. The summed E-state index contributed by atoms with van der Waals surface area (Å²) in [5, 5.41) is 0. The van der Waals surface area contributed by atoms with Gasteiger partial charge in [0.15, 0.2) is 9.84 Å². The van der Waals surface area contributed by atoms with E-state index in [1.807, 2.05) is 24.3 Å². The van der Waals surface area contributed by atoms with Crippen molar-refractivity contribution in [1.29, 1.82) is 0 Å². The summed E-state index contributed by atoms with van der Waals surface area (Å²) in [5.74, 6) is -0.532. The monoisotopic (exact) mass is 407 g/mol. The molecular formula is C18H18BrNO3S. The number of rotatable bonds is 1. The standard InChI is InChI=1S/C18H18BrNO3S/c19-12-8-6-11(7-9-12)16-17-13(3-1-5-15(17)21)20-14-4-2-10-24(22,23)18(14)16/h6-9,16-17H,1-5,10H2. The number of halogens is 1. The average molecular weight is 408 g/mol. The molecule has 1 aromatic carbocycles. The summed E-state index contributed by atoms with van der Waals surface area (Å²) in [4.78, 5) is 17.7. The molecule has 126 valence electrons. The normalized spacial score (nSPS) is 28.9. The van der Waals surface area contributed by atoms with Crippen LogP contribution >= 0.6 is 15.9 Å². The molecule has 0 bridgehead atoms. The number of benzene rings is 1. The highest BCUT2D eigenvalue weighted by atomic mass is 79.9. The minimum absolute atomic E-state index is 0.125. The molecule has 2 unspecified atom stereocenters. The molecule has 4 nitrogen and oxygen atoms in total. The smallest absolute Gasteiger partial charge is 0.177 e. The Bertz CT molecular complexity index is 868. The Labute approximate surface area is 150 Å². The highest BCUT2D eigenvalue weighted by Gasteiger charge is 2.46. The lowest BCUT2D eigenvalue weighted by Crippen LogP contribution is -2.40. The van der Waals surface area contributed by atoms with Gasteiger partial charge in [-0.1, -0.05) is 28.1 Å². The van der Waals surface area contributed by atoms with E-state index in [2.05, 4.69) is 20.9 Å². The molecule has 2 aliphatic heterocycles. The molecule has 0 radical (unpaired) electrons. The van der Waals surface area contributed by atoms with Gasteiger partial charge in [0, 0.05) is 22.5 Å². The van der Waals surface area contributed by atoms with Crippen LogP contribution in [-0.2, 0) is 14.6 Å². The number of sulfone groups is 1. The predicted molar refractivity (Wildman–Crippen MR) is 96.7 cm³/mol. The third-order valence-corrected chi connectivity index (χ3v) is 7.65. The summed E-state index contributed by atoms with van der Waals surface area (Å²) in [5.41, 5.74) is 2.47. The molecule has 3 aliphatic rings. The van der Waals surface area contributed by atoms with E-state index in [9.17, 15) is 13.2 Å². The van der Waals surface area contributed by atoms with E-state index in [1.165, 1.54) is 0 Å². The van der Waals surface area contributed by atoms with Crippen LogP contribution in [0.4, 0.5) is 0 Å². The molecule has 0 aromatic heterocycles. The fraction of sp³-hybridized carbons (Fsp3) is 0.444. The minimum Gasteiger partial charge on any atom is -0.299 e. The Morgan fingerprint density at radius 3 is 2.50 bits per heavy atom. The van der Waals surface area contributed by atoms with Gasteiger partial charge < -0.3 is 0 Å². The van der Waals surface area contributed by atoms with Crippen molar-refractivity contribution in [2.75, 3.05) is 5.75 Å². The van der Waals surface area contributed by atoms with Gasteiger partial charge >= 0.3 is 0 Å². The molecule has 2 atom stereocenters. The van der Waals surface area contributed by atoms with Gasteiger partial charge in [-0.3, -0.25) is 9.79 Å². The van der Waals surface area contributed by atoms with E-state index in [4.69, 9.17) is 0 Å². The Kier molecular flexibility index (Phi) is 4.00. The average Bonchev–Trinajstić information content (AvgIpc) is 2.54. The number of carbonyl (C=O) groups excluding carboxylic acids is 1. The van der Waals surface area contributed by atoms with E-state index >= 15 is 0 Å². The van der Waals surface area contributed by atoms with Gasteiger partial charge in [-0.15, -0.1) is 0 Å². The molecule has 2 heterocycles. The van der Waals surface area contributed by atoms with E-state index in [0.717, 1.165) is 28.6 Å². The van der Waals surface area contributed by atoms with Gasteiger partial charge in [0.1, 0.15) is 5.78 Å². The molecule has 1 saturated carbocycles. The van der Waals surface area contributed by atoms with E-state index < -0.39 is 21.7 Å². The van der Waals surface area contributed by atoms with Gasteiger partial charge in [0.25, 0.3) is 0 Å². The lowest BCUT2D eigenvalue weighted by atomic mass is 9.72. The maximum atomic E-state index is 12.8. The van der Waals surface area contributed by atoms with E-state index in [1.54, 1.807) is 0 Å². The van der Waals surface area contributed by atoms with E-state index in [0.29, 0.717) is 29.9 Å². The van der Waals surface area contributed by atoms with Gasteiger partial charge in [0.2, 0.25) is 0 Å². The zero-order chi connectivity index (χ0) is 16.9. The van der Waals surface area contributed by atoms with Crippen LogP contribution in [0.5, 0.6) is 0 Å². The third kappa shape index (κ3) is 2.60. The van der Waals surface area contributed by atoms with Crippen LogP contribution in [0.3, 0.4) is 0 Å². The Morgan fingerprint density at radius 1 is 1.00 bits per heavy atom. The summed E-state index contributed by atoms with van der Waals surface area (Å²) < 4.78 is 26.5. The Morgan fingerprint density at radius 2 is 1.75 bits per heavy atom. The summed E-state index contributed by atoms with van der Waals surface area (Å²) in [6, 6.07) is 7.66. The number of ketones is 1. The van der Waals surface area contributed by atoms with Crippen molar-refractivity contribution in [2.24, 2.45) is 10.9 Å². The largest absolute Gasteiger partial charge is 0.299 e. The molecule has 0 amide bonds. The molecule has 4 rings (SSSR count). The fourth-order valence-electron chi connectivity index (χ4n) is 4.11. The second-order valence-corrected chi connectivity index (χ2v) is 9.66. The van der Waals surface area contributed by atoms with Crippen LogP contribution in [-0.4, -0.2) is 25.7 Å². The molecule has 0 N–H and O–H groups in total. The van der Waals surface area contributed by atoms with Crippen LogP contribution in [0.15, 0.2) is 44.3 Å². The molecule has 0 saturated heterocycles. The Hall–Kier alpha value is -1.27. The maximum Gasteiger partial charge on any atom is 0.177 e. The quantitative estimate of drug-likeness (QED) is 0.711. The van der Waals surface area contributed by atoms with Crippen LogP contribution in [0.25, 0.3) is 0 Å². The lowest BCUT2D eigenvalue weighted by Gasteiger charge is -2.38. The van der Waals surface area contributed by atoms with Gasteiger partial charge in [0.05, 0.1) is 22.3 Å². The highest BCUT2D eigenvalue weighted by molar-refractivity contribution is 9.10. The second-order valence-electron chi connectivity index (χ2n) is 6.66. The van der Waals surface area contributed by atoms with Crippen LogP contribution in [0.2, 0.25) is 0 Å². The number of hydrogen-bond acceptors (Lipinski definition) is 4. The predicted octanol–water partition coefficient (Wildman–Crippen LogP) is 3.78. The second kappa shape index (κ2) is 5.92. The van der Waals surface area contributed by atoms with Crippen molar-refractivity contribution in [1.82, 2.24) is 0 Å². The van der Waals surface area contributed by atoms with Gasteiger partial charge in [-0.2, -0.15) is 0 Å². The van der Waals surface area contributed by atoms with Gasteiger partial charge in [-0.25, -0.2) is 8.42 Å².